The predicted octanol–water partition coefficient (Wildman–Crippen LogP) is 1.88. The molecule has 0 aliphatic rings. The second-order valence-electron chi connectivity index (χ2n) is 4.62. The van der Waals surface area contributed by atoms with E-state index < -0.39 is 10.0 Å². The topological polar surface area (TPSA) is 82.0 Å². The highest BCUT2D eigenvalue weighted by Crippen LogP contribution is 2.22. The minimum absolute atomic E-state index is 0.0602. The number of hydrogen-bond acceptors (Lipinski definition) is 4. The van der Waals surface area contributed by atoms with E-state index in [1.165, 1.54) is 18.2 Å². The fourth-order valence-electron chi connectivity index (χ4n) is 1.54. The normalized spacial score (nSPS) is 11.6. The van der Waals surface area contributed by atoms with Gasteiger partial charge in [-0.25, -0.2) is 13.1 Å². The Kier molecular flexibility index (Phi) is 6.43. The SMILES string of the molecule is CC(C)NCCCNS(=O)(=O)c1cc(C#N)ccc1Cl. The summed E-state index contributed by atoms with van der Waals surface area (Å²) in [5.41, 5.74) is 0.260. The summed E-state index contributed by atoms with van der Waals surface area (Å²) in [5, 5.41) is 12.1. The molecule has 0 radical (unpaired) electrons. The predicted molar refractivity (Wildman–Crippen MR) is 79.1 cm³/mol. The van der Waals surface area contributed by atoms with Gasteiger partial charge in [-0.2, -0.15) is 5.26 Å². The van der Waals surface area contributed by atoms with Crippen LogP contribution in [0.4, 0.5) is 0 Å². The minimum atomic E-state index is -3.69. The van der Waals surface area contributed by atoms with Gasteiger partial charge in [0.05, 0.1) is 16.7 Å². The van der Waals surface area contributed by atoms with Crippen molar-refractivity contribution in [3.05, 3.63) is 28.8 Å². The van der Waals surface area contributed by atoms with Crippen molar-refractivity contribution in [2.45, 2.75) is 31.2 Å². The van der Waals surface area contributed by atoms with Crippen LogP contribution in [0, 0.1) is 11.3 Å². The van der Waals surface area contributed by atoms with Crippen molar-refractivity contribution in [1.29, 1.82) is 5.26 Å². The Hall–Kier alpha value is -1.13. The molecule has 0 aliphatic heterocycles. The van der Waals surface area contributed by atoms with Crippen molar-refractivity contribution in [2.75, 3.05) is 13.1 Å². The van der Waals surface area contributed by atoms with Gasteiger partial charge in [0.15, 0.2) is 0 Å². The van der Waals surface area contributed by atoms with Gasteiger partial charge in [0.2, 0.25) is 10.0 Å². The second kappa shape index (κ2) is 7.60. The lowest BCUT2D eigenvalue weighted by molar-refractivity contribution is 0.554. The van der Waals surface area contributed by atoms with Gasteiger partial charge in [-0.15, -0.1) is 0 Å². The zero-order valence-corrected chi connectivity index (χ0v) is 13.1. The van der Waals surface area contributed by atoms with Gasteiger partial charge in [0.1, 0.15) is 4.90 Å². The molecular formula is C13H18ClN3O2S. The molecule has 0 heterocycles. The van der Waals surface area contributed by atoms with E-state index in [0.29, 0.717) is 19.0 Å². The summed E-state index contributed by atoms with van der Waals surface area (Å²) in [5.74, 6) is 0. The average molecular weight is 316 g/mol. The van der Waals surface area contributed by atoms with Gasteiger partial charge in [0, 0.05) is 12.6 Å². The van der Waals surface area contributed by atoms with E-state index in [4.69, 9.17) is 16.9 Å². The highest BCUT2D eigenvalue weighted by molar-refractivity contribution is 7.89. The summed E-state index contributed by atoms with van der Waals surface area (Å²) < 4.78 is 26.7. The summed E-state index contributed by atoms with van der Waals surface area (Å²) in [6.07, 6.45) is 0.674. The Bertz CT molecular complexity index is 594. The van der Waals surface area contributed by atoms with Crippen LogP contribution < -0.4 is 10.0 Å². The van der Waals surface area contributed by atoms with Gasteiger partial charge < -0.3 is 5.32 Å². The van der Waals surface area contributed by atoms with Crippen molar-refractivity contribution in [1.82, 2.24) is 10.0 Å². The van der Waals surface area contributed by atoms with Crippen LogP contribution in [0.5, 0.6) is 0 Å². The third kappa shape index (κ3) is 5.10. The second-order valence-corrected chi connectivity index (χ2v) is 6.76. The van der Waals surface area contributed by atoms with Crippen LogP contribution in [0.25, 0.3) is 0 Å². The number of rotatable bonds is 7. The molecule has 110 valence electrons. The molecule has 0 aliphatic carbocycles. The number of benzene rings is 1. The number of sulfonamides is 1. The summed E-state index contributed by atoms with van der Waals surface area (Å²) in [6, 6.07) is 6.43. The van der Waals surface area contributed by atoms with Gasteiger partial charge in [-0.1, -0.05) is 25.4 Å². The maximum Gasteiger partial charge on any atom is 0.242 e. The zero-order valence-electron chi connectivity index (χ0n) is 11.5. The maximum absolute atomic E-state index is 12.1. The van der Waals surface area contributed by atoms with E-state index in [1.807, 2.05) is 19.9 Å². The number of nitrogens with zero attached hydrogens (tertiary/aromatic N) is 1. The number of nitrogens with one attached hydrogen (secondary N) is 2. The van der Waals surface area contributed by atoms with Crippen molar-refractivity contribution < 1.29 is 8.42 Å². The zero-order chi connectivity index (χ0) is 15.2. The first kappa shape index (κ1) is 16.9. The Balaban J connectivity index is 2.67. The van der Waals surface area contributed by atoms with Gasteiger partial charge in [0.25, 0.3) is 0 Å². The van der Waals surface area contributed by atoms with E-state index in [0.717, 1.165) is 6.54 Å². The van der Waals surface area contributed by atoms with Crippen LogP contribution in [-0.2, 0) is 10.0 Å². The largest absolute Gasteiger partial charge is 0.314 e. The molecule has 0 bridgehead atoms. The molecule has 20 heavy (non-hydrogen) atoms. The van der Waals surface area contributed by atoms with Crippen LogP contribution in [-0.4, -0.2) is 27.5 Å². The molecule has 0 saturated heterocycles. The molecule has 0 spiro atoms. The van der Waals surface area contributed by atoms with E-state index >= 15 is 0 Å². The molecule has 0 fully saturated rings. The molecule has 0 saturated carbocycles. The first-order valence-corrected chi connectivity index (χ1v) is 8.15. The van der Waals surface area contributed by atoms with Crippen LogP contribution >= 0.6 is 11.6 Å². The van der Waals surface area contributed by atoms with Crippen molar-refractivity contribution in [3.8, 4) is 6.07 Å². The summed E-state index contributed by atoms with van der Waals surface area (Å²) in [7, 11) is -3.69. The van der Waals surface area contributed by atoms with E-state index in [1.54, 1.807) is 0 Å². The fraction of sp³-hybridized carbons (Fsp3) is 0.462. The molecule has 1 rings (SSSR count). The summed E-state index contributed by atoms with van der Waals surface area (Å²) >= 11 is 5.88. The standard InChI is InChI=1S/C13H18ClN3O2S/c1-10(2)16-6-3-7-17-20(18,19)13-8-11(9-15)4-5-12(13)14/h4-5,8,10,16-17H,3,6-7H2,1-2H3. The third-order valence-corrected chi connectivity index (χ3v) is 4.49. The lowest BCUT2D eigenvalue weighted by atomic mass is 10.2. The lowest BCUT2D eigenvalue weighted by Gasteiger charge is -2.10. The van der Waals surface area contributed by atoms with Gasteiger partial charge >= 0.3 is 0 Å². The Morgan fingerprint density at radius 2 is 2.05 bits per heavy atom. The first-order valence-electron chi connectivity index (χ1n) is 6.29. The summed E-state index contributed by atoms with van der Waals surface area (Å²) in [6.45, 7) is 5.09. The van der Waals surface area contributed by atoms with E-state index in [-0.39, 0.29) is 15.5 Å². The molecule has 2 N–H and O–H groups in total. The number of hydrogen-bond donors (Lipinski definition) is 2. The van der Waals surface area contributed by atoms with Crippen LogP contribution in [0.1, 0.15) is 25.8 Å². The molecule has 0 aromatic heterocycles. The molecule has 5 nitrogen and oxygen atoms in total. The Morgan fingerprint density at radius 3 is 2.65 bits per heavy atom. The third-order valence-electron chi connectivity index (χ3n) is 2.55. The van der Waals surface area contributed by atoms with E-state index in [9.17, 15) is 8.42 Å². The number of halogens is 1. The Labute approximate surface area is 125 Å². The molecule has 1 aromatic rings. The Morgan fingerprint density at radius 1 is 1.35 bits per heavy atom. The first-order chi connectivity index (χ1) is 9.36. The molecular weight excluding hydrogens is 298 g/mol. The van der Waals surface area contributed by atoms with E-state index in [2.05, 4.69) is 10.0 Å². The van der Waals surface area contributed by atoms with Gasteiger partial charge in [-0.05, 0) is 31.2 Å². The molecule has 0 atom stereocenters. The van der Waals surface area contributed by atoms with Crippen LogP contribution in [0.3, 0.4) is 0 Å². The molecule has 1 aromatic carbocycles. The quantitative estimate of drug-likeness (QED) is 0.753. The highest BCUT2D eigenvalue weighted by Gasteiger charge is 2.17. The van der Waals surface area contributed by atoms with Crippen molar-refractivity contribution in [2.24, 2.45) is 0 Å². The highest BCUT2D eigenvalue weighted by atomic mass is 35.5. The maximum atomic E-state index is 12.1. The van der Waals surface area contributed by atoms with Crippen LogP contribution in [0.15, 0.2) is 23.1 Å². The number of nitriles is 1. The molecule has 0 unspecified atom stereocenters. The van der Waals surface area contributed by atoms with Crippen molar-refractivity contribution >= 4 is 21.6 Å². The average Bonchev–Trinajstić information content (AvgIpc) is 2.38. The smallest absolute Gasteiger partial charge is 0.242 e. The minimum Gasteiger partial charge on any atom is -0.314 e. The van der Waals surface area contributed by atoms with Gasteiger partial charge in [-0.3, -0.25) is 0 Å². The molecule has 0 amide bonds. The van der Waals surface area contributed by atoms with Crippen LogP contribution in [0.2, 0.25) is 5.02 Å². The summed E-state index contributed by atoms with van der Waals surface area (Å²) in [4.78, 5) is -0.0602. The monoisotopic (exact) mass is 315 g/mol. The fourth-order valence-corrected chi connectivity index (χ4v) is 3.14. The van der Waals surface area contributed by atoms with Crippen molar-refractivity contribution in [3.63, 3.8) is 0 Å². The lowest BCUT2D eigenvalue weighted by Crippen LogP contribution is -2.30. The molecule has 7 heteroatoms.